The molecule has 6 heteroatoms. The van der Waals surface area contributed by atoms with Crippen molar-refractivity contribution in [3.05, 3.63) is 57.6 Å². The zero-order valence-corrected chi connectivity index (χ0v) is 18.4. The summed E-state index contributed by atoms with van der Waals surface area (Å²) in [6.07, 6.45) is 3.79. The predicted molar refractivity (Wildman–Crippen MR) is 122 cm³/mol. The van der Waals surface area contributed by atoms with Gasteiger partial charge in [0.25, 0.3) is 0 Å². The van der Waals surface area contributed by atoms with E-state index in [9.17, 15) is 4.79 Å². The summed E-state index contributed by atoms with van der Waals surface area (Å²) in [5, 5.41) is 5.00. The third-order valence-corrected chi connectivity index (χ3v) is 7.14. The van der Waals surface area contributed by atoms with Crippen molar-refractivity contribution in [2.24, 2.45) is 0 Å². The van der Waals surface area contributed by atoms with E-state index < -0.39 is 0 Å². The van der Waals surface area contributed by atoms with Crippen LogP contribution < -0.4 is 5.32 Å². The number of carbonyl (C=O) groups excluding carboxylic acids is 1. The van der Waals surface area contributed by atoms with Gasteiger partial charge in [0.1, 0.15) is 5.01 Å². The maximum absolute atomic E-state index is 13.0. The van der Waals surface area contributed by atoms with Crippen LogP contribution in [0.3, 0.4) is 0 Å². The molecule has 152 valence electrons. The van der Waals surface area contributed by atoms with E-state index >= 15 is 0 Å². The summed E-state index contributed by atoms with van der Waals surface area (Å²) in [5.41, 5.74) is 4.08. The summed E-state index contributed by atoms with van der Waals surface area (Å²) >= 11 is 8.13. The van der Waals surface area contributed by atoms with Crippen LogP contribution in [0.1, 0.15) is 48.9 Å². The van der Waals surface area contributed by atoms with Gasteiger partial charge in [0, 0.05) is 10.7 Å². The van der Waals surface area contributed by atoms with Gasteiger partial charge in [0.15, 0.2) is 0 Å². The van der Waals surface area contributed by atoms with Gasteiger partial charge in [-0.2, -0.15) is 0 Å². The minimum absolute atomic E-state index is 0.0182. The van der Waals surface area contributed by atoms with Gasteiger partial charge in [-0.25, -0.2) is 4.98 Å². The monoisotopic (exact) mass is 427 g/mol. The Labute approximate surface area is 180 Å². The number of fused-ring (bicyclic) bond motifs is 1. The molecule has 0 spiro atoms. The number of anilines is 1. The Morgan fingerprint density at radius 2 is 2.07 bits per heavy atom. The molecule has 3 aromatic rings. The highest BCUT2D eigenvalue weighted by Gasteiger charge is 2.30. The van der Waals surface area contributed by atoms with Crippen molar-refractivity contribution >= 4 is 44.7 Å². The second-order valence-corrected chi connectivity index (χ2v) is 8.93. The van der Waals surface area contributed by atoms with Gasteiger partial charge in [-0.15, -0.1) is 11.3 Å². The minimum Gasteiger partial charge on any atom is -0.324 e. The molecule has 4 nitrogen and oxygen atoms in total. The normalized spacial score (nSPS) is 17.1. The first-order chi connectivity index (χ1) is 14.1. The number of carbonyl (C=O) groups is 1. The van der Waals surface area contributed by atoms with Crippen LogP contribution in [-0.2, 0) is 17.6 Å². The number of amides is 1. The lowest BCUT2D eigenvalue weighted by atomic mass is 10.0. The van der Waals surface area contributed by atoms with E-state index in [0.717, 1.165) is 59.6 Å². The maximum atomic E-state index is 13.0. The van der Waals surface area contributed by atoms with Gasteiger partial charge in [0.2, 0.25) is 5.91 Å². The molecule has 0 bridgehead atoms. The quantitative estimate of drug-likeness (QED) is 0.536. The number of nitrogens with zero attached hydrogens (tertiary/aromatic N) is 2. The fourth-order valence-electron chi connectivity index (χ4n) is 4.16. The number of aryl methyl sites for hydroxylation is 1. The smallest absolute Gasteiger partial charge is 0.238 e. The van der Waals surface area contributed by atoms with Crippen LogP contribution in [0.5, 0.6) is 0 Å². The van der Waals surface area contributed by atoms with Crippen molar-refractivity contribution in [3.8, 4) is 0 Å². The molecule has 2 aromatic carbocycles. The number of nitrogens with one attached hydrogen (secondary N) is 1. The van der Waals surface area contributed by atoms with Crippen molar-refractivity contribution in [1.82, 2.24) is 9.88 Å². The fourth-order valence-corrected chi connectivity index (χ4v) is 5.59. The Hall–Kier alpha value is -1.95. The number of rotatable bonds is 6. The van der Waals surface area contributed by atoms with E-state index in [-0.39, 0.29) is 11.9 Å². The topological polar surface area (TPSA) is 45.2 Å². The molecule has 1 aliphatic rings. The highest BCUT2D eigenvalue weighted by molar-refractivity contribution is 7.18. The standard InChI is InChI=1S/C23H26ClN3OS/c1-3-15-11-12-17(24)16(4-2)22(15)26-21(28)14-27-13-7-9-19(27)23-25-18-8-5-6-10-20(18)29-23/h5-6,8,10-12,19H,3-4,7,9,13-14H2,1-2H3,(H,26,28). The van der Waals surface area contributed by atoms with Crippen LogP contribution >= 0.6 is 22.9 Å². The SMILES string of the molecule is CCc1ccc(Cl)c(CC)c1NC(=O)CN1CCCC1c1nc2ccccc2s1. The number of hydrogen-bond donors (Lipinski definition) is 1. The number of hydrogen-bond acceptors (Lipinski definition) is 4. The number of benzene rings is 2. The lowest BCUT2D eigenvalue weighted by Gasteiger charge is -2.23. The van der Waals surface area contributed by atoms with E-state index in [1.807, 2.05) is 24.3 Å². The van der Waals surface area contributed by atoms with Crippen LogP contribution in [0.15, 0.2) is 36.4 Å². The molecule has 29 heavy (non-hydrogen) atoms. The highest BCUT2D eigenvalue weighted by Crippen LogP contribution is 2.36. The van der Waals surface area contributed by atoms with Crippen molar-refractivity contribution in [1.29, 1.82) is 0 Å². The molecule has 1 N–H and O–H groups in total. The van der Waals surface area contributed by atoms with Crippen LogP contribution in [-0.4, -0.2) is 28.9 Å². The summed E-state index contributed by atoms with van der Waals surface area (Å²) in [5.74, 6) is 0.0182. The molecular weight excluding hydrogens is 402 g/mol. The van der Waals surface area contributed by atoms with E-state index in [0.29, 0.717) is 11.6 Å². The van der Waals surface area contributed by atoms with E-state index in [4.69, 9.17) is 16.6 Å². The number of para-hydroxylation sites is 1. The number of thiazole rings is 1. The second kappa shape index (κ2) is 8.82. The summed E-state index contributed by atoms with van der Waals surface area (Å²) in [6.45, 7) is 5.46. The Kier molecular flexibility index (Phi) is 6.18. The van der Waals surface area contributed by atoms with Gasteiger partial charge in [-0.3, -0.25) is 9.69 Å². The van der Waals surface area contributed by atoms with E-state index in [1.165, 1.54) is 4.70 Å². The molecule has 1 atom stereocenters. The lowest BCUT2D eigenvalue weighted by Crippen LogP contribution is -2.33. The van der Waals surface area contributed by atoms with Gasteiger partial charge in [-0.1, -0.05) is 43.6 Å². The van der Waals surface area contributed by atoms with E-state index in [2.05, 4.69) is 36.2 Å². The van der Waals surface area contributed by atoms with Crippen molar-refractivity contribution in [3.63, 3.8) is 0 Å². The second-order valence-electron chi connectivity index (χ2n) is 7.46. The largest absolute Gasteiger partial charge is 0.324 e. The highest BCUT2D eigenvalue weighted by atomic mass is 35.5. The van der Waals surface area contributed by atoms with Crippen molar-refractivity contribution in [2.75, 3.05) is 18.4 Å². The molecule has 0 saturated carbocycles. The number of likely N-dealkylation sites (tertiary alicyclic amines) is 1. The first kappa shape index (κ1) is 20.3. The van der Waals surface area contributed by atoms with Gasteiger partial charge < -0.3 is 5.32 Å². The summed E-state index contributed by atoms with van der Waals surface area (Å²) in [4.78, 5) is 20.0. The fraction of sp³-hybridized carbons (Fsp3) is 0.391. The molecule has 1 aliphatic heterocycles. The van der Waals surface area contributed by atoms with Gasteiger partial charge in [0.05, 0.1) is 22.8 Å². The molecule has 0 aliphatic carbocycles. The first-order valence-corrected chi connectivity index (χ1v) is 11.5. The van der Waals surface area contributed by atoms with Gasteiger partial charge >= 0.3 is 0 Å². The van der Waals surface area contributed by atoms with Crippen LogP contribution in [0.2, 0.25) is 5.02 Å². The average Bonchev–Trinajstić information content (AvgIpc) is 3.34. The van der Waals surface area contributed by atoms with Gasteiger partial charge in [-0.05, 0) is 61.6 Å². The zero-order chi connectivity index (χ0) is 20.4. The molecule has 2 heterocycles. The Bertz CT molecular complexity index is 999. The molecule has 4 rings (SSSR count). The van der Waals surface area contributed by atoms with E-state index in [1.54, 1.807) is 11.3 Å². The molecule has 1 unspecified atom stereocenters. The minimum atomic E-state index is 0.0182. The number of aromatic nitrogens is 1. The predicted octanol–water partition coefficient (Wildman–Crippen LogP) is 5.85. The zero-order valence-electron chi connectivity index (χ0n) is 16.9. The molecule has 1 aromatic heterocycles. The summed E-state index contributed by atoms with van der Waals surface area (Å²) in [7, 11) is 0. The maximum Gasteiger partial charge on any atom is 0.238 e. The first-order valence-electron chi connectivity index (χ1n) is 10.3. The molecular formula is C23H26ClN3OS. The Morgan fingerprint density at radius 1 is 1.24 bits per heavy atom. The average molecular weight is 428 g/mol. The Morgan fingerprint density at radius 3 is 2.83 bits per heavy atom. The summed E-state index contributed by atoms with van der Waals surface area (Å²) in [6, 6.07) is 12.4. The molecule has 1 fully saturated rings. The third kappa shape index (κ3) is 4.18. The van der Waals surface area contributed by atoms with Crippen molar-refractivity contribution in [2.45, 2.75) is 45.6 Å². The Balaban J connectivity index is 1.52. The summed E-state index contributed by atoms with van der Waals surface area (Å²) < 4.78 is 1.21. The van der Waals surface area contributed by atoms with Crippen LogP contribution in [0.4, 0.5) is 5.69 Å². The molecule has 0 radical (unpaired) electrons. The van der Waals surface area contributed by atoms with Crippen LogP contribution in [0.25, 0.3) is 10.2 Å². The molecule has 1 saturated heterocycles. The number of halogens is 1. The third-order valence-electron chi connectivity index (χ3n) is 5.65. The lowest BCUT2D eigenvalue weighted by molar-refractivity contribution is -0.117. The van der Waals surface area contributed by atoms with Crippen molar-refractivity contribution < 1.29 is 4.79 Å². The van der Waals surface area contributed by atoms with Crippen LogP contribution in [0, 0.1) is 0 Å². The molecule has 1 amide bonds.